The van der Waals surface area contributed by atoms with Crippen LogP contribution in [0.3, 0.4) is 0 Å². The van der Waals surface area contributed by atoms with Gasteiger partial charge in [-0.25, -0.2) is 4.98 Å². The molecule has 0 radical (unpaired) electrons. The lowest BCUT2D eigenvalue weighted by Gasteiger charge is -2.16. The molecule has 0 aliphatic rings. The maximum atomic E-state index is 5.52. The summed E-state index contributed by atoms with van der Waals surface area (Å²) in [7, 11) is 1.77. The van der Waals surface area contributed by atoms with Gasteiger partial charge in [0.1, 0.15) is 0 Å². The monoisotopic (exact) mass is 278 g/mol. The van der Waals surface area contributed by atoms with Gasteiger partial charge in [0.05, 0.1) is 6.10 Å². The van der Waals surface area contributed by atoms with E-state index in [1.807, 2.05) is 32.2 Å². The molecule has 0 bridgehead atoms. The summed E-state index contributed by atoms with van der Waals surface area (Å²) in [6.45, 7) is 8.93. The van der Waals surface area contributed by atoms with E-state index in [1.165, 1.54) is 0 Å². The molecule has 0 aliphatic heterocycles. The molecular weight excluding hydrogens is 252 g/mol. The fourth-order valence-electron chi connectivity index (χ4n) is 1.54. The second kappa shape index (κ2) is 8.40. The fraction of sp³-hybridized carbons (Fsp3) is 0.600. The highest BCUT2D eigenvalue weighted by Crippen LogP contribution is 2.09. The SMILES string of the molecule is CCC(C)NC(=NC)NCc1ccc(OC(C)C)nc1. The van der Waals surface area contributed by atoms with Crippen molar-refractivity contribution in [2.45, 2.75) is 52.8 Å². The van der Waals surface area contributed by atoms with E-state index in [-0.39, 0.29) is 6.10 Å². The van der Waals surface area contributed by atoms with Gasteiger partial charge in [-0.05, 0) is 32.8 Å². The van der Waals surface area contributed by atoms with Crippen LogP contribution >= 0.6 is 0 Å². The van der Waals surface area contributed by atoms with Crippen molar-refractivity contribution < 1.29 is 4.74 Å². The lowest BCUT2D eigenvalue weighted by Crippen LogP contribution is -2.41. The third-order valence-corrected chi connectivity index (χ3v) is 2.83. The van der Waals surface area contributed by atoms with Crippen molar-refractivity contribution in [1.82, 2.24) is 15.6 Å². The summed E-state index contributed by atoms with van der Waals surface area (Å²) >= 11 is 0. The van der Waals surface area contributed by atoms with Crippen LogP contribution < -0.4 is 15.4 Å². The fourth-order valence-corrected chi connectivity index (χ4v) is 1.54. The Bertz CT molecular complexity index is 414. The lowest BCUT2D eigenvalue weighted by atomic mass is 10.2. The minimum absolute atomic E-state index is 0.144. The lowest BCUT2D eigenvalue weighted by molar-refractivity contribution is 0.232. The minimum atomic E-state index is 0.144. The van der Waals surface area contributed by atoms with Crippen LogP contribution in [0.15, 0.2) is 23.3 Å². The molecule has 1 atom stereocenters. The number of aliphatic imine (C=N–C) groups is 1. The summed E-state index contributed by atoms with van der Waals surface area (Å²) in [6, 6.07) is 4.30. The van der Waals surface area contributed by atoms with Gasteiger partial charge in [-0.2, -0.15) is 0 Å². The van der Waals surface area contributed by atoms with E-state index in [0.717, 1.165) is 17.9 Å². The van der Waals surface area contributed by atoms with Crippen molar-refractivity contribution in [3.05, 3.63) is 23.9 Å². The first-order valence-electron chi connectivity index (χ1n) is 7.13. The zero-order valence-electron chi connectivity index (χ0n) is 13.1. The predicted octanol–water partition coefficient (Wildman–Crippen LogP) is 2.33. The molecule has 112 valence electrons. The highest BCUT2D eigenvalue weighted by atomic mass is 16.5. The van der Waals surface area contributed by atoms with Crippen molar-refractivity contribution in [2.24, 2.45) is 4.99 Å². The quantitative estimate of drug-likeness (QED) is 0.619. The van der Waals surface area contributed by atoms with Crippen LogP contribution in [0.1, 0.15) is 39.7 Å². The topological polar surface area (TPSA) is 58.5 Å². The summed E-state index contributed by atoms with van der Waals surface area (Å²) in [5.74, 6) is 1.47. The van der Waals surface area contributed by atoms with Gasteiger partial charge in [-0.3, -0.25) is 4.99 Å². The molecule has 0 amide bonds. The van der Waals surface area contributed by atoms with Crippen LogP contribution in [-0.4, -0.2) is 30.1 Å². The molecule has 2 N–H and O–H groups in total. The Kier molecular flexibility index (Phi) is 6.84. The van der Waals surface area contributed by atoms with Gasteiger partial charge in [0, 0.05) is 31.9 Å². The number of nitrogens with zero attached hydrogens (tertiary/aromatic N) is 2. The first-order chi connectivity index (χ1) is 9.55. The number of rotatable bonds is 6. The van der Waals surface area contributed by atoms with Crippen molar-refractivity contribution in [3.8, 4) is 5.88 Å². The minimum Gasteiger partial charge on any atom is -0.475 e. The Balaban J connectivity index is 2.48. The Morgan fingerprint density at radius 2 is 2.10 bits per heavy atom. The smallest absolute Gasteiger partial charge is 0.213 e. The van der Waals surface area contributed by atoms with Crippen molar-refractivity contribution in [2.75, 3.05) is 7.05 Å². The number of aromatic nitrogens is 1. The van der Waals surface area contributed by atoms with Gasteiger partial charge in [0.2, 0.25) is 5.88 Å². The first-order valence-corrected chi connectivity index (χ1v) is 7.13. The number of guanidine groups is 1. The maximum Gasteiger partial charge on any atom is 0.213 e. The normalized spacial score (nSPS) is 13.2. The zero-order valence-corrected chi connectivity index (χ0v) is 13.1. The van der Waals surface area contributed by atoms with Crippen LogP contribution in [0, 0.1) is 0 Å². The standard InChI is InChI=1S/C15H26N4O/c1-6-12(4)19-15(16-5)18-10-13-7-8-14(17-9-13)20-11(2)3/h7-9,11-12H,6,10H2,1-5H3,(H2,16,18,19). The summed E-state index contributed by atoms with van der Waals surface area (Å²) in [4.78, 5) is 8.47. The predicted molar refractivity (Wildman–Crippen MR) is 83.1 cm³/mol. The third kappa shape index (κ3) is 5.91. The van der Waals surface area contributed by atoms with Crippen molar-refractivity contribution in [3.63, 3.8) is 0 Å². The second-order valence-electron chi connectivity index (χ2n) is 5.05. The Hall–Kier alpha value is -1.78. The van der Waals surface area contributed by atoms with Gasteiger partial charge < -0.3 is 15.4 Å². The summed E-state index contributed by atoms with van der Waals surface area (Å²) in [5.41, 5.74) is 1.09. The van der Waals surface area contributed by atoms with Crippen LogP contribution in [0.2, 0.25) is 0 Å². The molecular formula is C15H26N4O. The van der Waals surface area contributed by atoms with Crippen LogP contribution in [0.4, 0.5) is 0 Å². The van der Waals surface area contributed by atoms with Gasteiger partial charge in [-0.15, -0.1) is 0 Å². The molecule has 0 saturated heterocycles. The maximum absolute atomic E-state index is 5.52. The van der Waals surface area contributed by atoms with Gasteiger partial charge >= 0.3 is 0 Å². The summed E-state index contributed by atoms with van der Waals surface area (Å²) in [6.07, 6.45) is 3.02. The second-order valence-corrected chi connectivity index (χ2v) is 5.05. The molecule has 1 aromatic heterocycles. The van der Waals surface area contributed by atoms with Crippen LogP contribution in [0.25, 0.3) is 0 Å². The highest BCUT2D eigenvalue weighted by molar-refractivity contribution is 5.79. The van der Waals surface area contributed by atoms with E-state index in [0.29, 0.717) is 18.5 Å². The molecule has 0 saturated carbocycles. The van der Waals surface area contributed by atoms with Gasteiger partial charge in [-0.1, -0.05) is 13.0 Å². The molecule has 1 unspecified atom stereocenters. The van der Waals surface area contributed by atoms with Crippen LogP contribution in [0.5, 0.6) is 5.88 Å². The largest absolute Gasteiger partial charge is 0.475 e. The molecule has 0 aromatic carbocycles. The zero-order chi connectivity index (χ0) is 15.0. The Morgan fingerprint density at radius 1 is 1.35 bits per heavy atom. The Morgan fingerprint density at radius 3 is 2.60 bits per heavy atom. The molecule has 1 heterocycles. The van der Waals surface area contributed by atoms with E-state index in [9.17, 15) is 0 Å². The third-order valence-electron chi connectivity index (χ3n) is 2.83. The highest BCUT2D eigenvalue weighted by Gasteiger charge is 2.03. The molecule has 5 heteroatoms. The van der Waals surface area contributed by atoms with E-state index in [4.69, 9.17) is 4.74 Å². The van der Waals surface area contributed by atoms with E-state index >= 15 is 0 Å². The number of hydrogen-bond acceptors (Lipinski definition) is 3. The number of hydrogen-bond donors (Lipinski definition) is 2. The number of pyridine rings is 1. The molecule has 0 spiro atoms. The molecule has 0 aliphatic carbocycles. The molecule has 0 fully saturated rings. The van der Waals surface area contributed by atoms with Crippen LogP contribution in [-0.2, 0) is 6.54 Å². The van der Waals surface area contributed by atoms with E-state index in [2.05, 4.69) is 34.5 Å². The number of ether oxygens (including phenoxy) is 1. The number of nitrogens with one attached hydrogen (secondary N) is 2. The van der Waals surface area contributed by atoms with Gasteiger partial charge in [0.25, 0.3) is 0 Å². The van der Waals surface area contributed by atoms with Gasteiger partial charge in [0.15, 0.2) is 5.96 Å². The molecule has 5 nitrogen and oxygen atoms in total. The first kappa shape index (κ1) is 16.3. The summed E-state index contributed by atoms with van der Waals surface area (Å²) < 4.78 is 5.52. The average molecular weight is 278 g/mol. The molecule has 1 rings (SSSR count). The molecule has 1 aromatic rings. The van der Waals surface area contributed by atoms with Crippen molar-refractivity contribution in [1.29, 1.82) is 0 Å². The van der Waals surface area contributed by atoms with E-state index < -0.39 is 0 Å². The average Bonchev–Trinajstić information content (AvgIpc) is 2.44. The van der Waals surface area contributed by atoms with E-state index in [1.54, 1.807) is 7.05 Å². The van der Waals surface area contributed by atoms with Crippen molar-refractivity contribution >= 4 is 5.96 Å². The molecule has 20 heavy (non-hydrogen) atoms. The summed E-state index contributed by atoms with van der Waals surface area (Å²) in [5, 5.41) is 6.59. The Labute approximate surface area is 121 Å².